The van der Waals surface area contributed by atoms with Crippen LogP contribution in [0.5, 0.6) is 0 Å². The molecule has 0 aliphatic rings. The van der Waals surface area contributed by atoms with Crippen LogP contribution in [0.1, 0.15) is 0 Å². The number of primary amides is 1. The predicted octanol–water partition coefficient (Wildman–Crippen LogP) is 1.31. The molecule has 0 atom stereocenters. The van der Waals surface area contributed by atoms with E-state index in [0.717, 1.165) is 4.24 Å². The number of carbonyl (C=O) groups is 1. The highest BCUT2D eigenvalue weighted by Crippen LogP contribution is 2.27. The summed E-state index contributed by atoms with van der Waals surface area (Å²) in [4.78, 5) is 11.4. The summed E-state index contributed by atoms with van der Waals surface area (Å²) in [5.41, 5.74) is 5.90. The molecular formula is C10H13N2OS2+. The summed E-state index contributed by atoms with van der Waals surface area (Å²) in [6.07, 6.45) is 7.48. The van der Waals surface area contributed by atoms with Gasteiger partial charge in [0.05, 0.1) is 0 Å². The van der Waals surface area contributed by atoms with Gasteiger partial charge in [0.25, 0.3) is 5.70 Å². The molecule has 0 aliphatic carbocycles. The molecule has 80 valence electrons. The van der Waals surface area contributed by atoms with Crippen molar-refractivity contribution in [2.75, 3.05) is 12.5 Å². The van der Waals surface area contributed by atoms with Crippen LogP contribution in [0.2, 0.25) is 0 Å². The first-order chi connectivity index (χ1) is 7.20. The van der Waals surface area contributed by atoms with Crippen molar-refractivity contribution >= 4 is 35.1 Å². The summed E-state index contributed by atoms with van der Waals surface area (Å²) < 4.78 is 2.66. The van der Waals surface area contributed by atoms with Gasteiger partial charge in [0, 0.05) is 12.1 Å². The van der Waals surface area contributed by atoms with Gasteiger partial charge >= 0.3 is 5.91 Å². The van der Waals surface area contributed by atoms with Crippen molar-refractivity contribution in [2.24, 2.45) is 5.73 Å². The smallest absolute Gasteiger partial charge is 0.315 e. The van der Waals surface area contributed by atoms with E-state index in [2.05, 4.69) is 0 Å². The Morgan fingerprint density at radius 1 is 1.13 bits per heavy atom. The highest BCUT2D eigenvalue weighted by atomic mass is 32.2. The number of pyridine rings is 1. The lowest BCUT2D eigenvalue weighted by Crippen LogP contribution is -2.39. The molecule has 0 saturated heterocycles. The van der Waals surface area contributed by atoms with Gasteiger partial charge < -0.3 is 5.73 Å². The number of thioether (sulfide) groups is 2. The maximum atomic E-state index is 11.4. The van der Waals surface area contributed by atoms with E-state index in [4.69, 9.17) is 5.73 Å². The van der Waals surface area contributed by atoms with E-state index < -0.39 is 5.91 Å². The monoisotopic (exact) mass is 241 g/mol. The topological polar surface area (TPSA) is 47.0 Å². The van der Waals surface area contributed by atoms with Crippen molar-refractivity contribution in [1.29, 1.82) is 0 Å². The number of hydrogen-bond acceptors (Lipinski definition) is 3. The third kappa shape index (κ3) is 3.00. The lowest BCUT2D eigenvalue weighted by atomic mass is 10.4. The maximum Gasteiger partial charge on any atom is 0.315 e. The fourth-order valence-electron chi connectivity index (χ4n) is 1.16. The van der Waals surface area contributed by atoms with E-state index in [1.165, 1.54) is 23.5 Å². The van der Waals surface area contributed by atoms with Crippen LogP contribution in [0, 0.1) is 0 Å². The number of rotatable bonds is 4. The number of amides is 1. The zero-order valence-corrected chi connectivity index (χ0v) is 10.3. The first kappa shape index (κ1) is 12.1. The SMILES string of the molecule is CSC(SC)=C(C(N)=O)[n+]1ccccc1. The third-order valence-electron chi connectivity index (χ3n) is 1.77. The number of nitrogens with two attached hydrogens (primary N) is 1. The van der Waals surface area contributed by atoms with Crippen LogP contribution in [0.4, 0.5) is 0 Å². The zero-order valence-electron chi connectivity index (χ0n) is 8.64. The fourth-order valence-corrected chi connectivity index (χ4v) is 2.62. The maximum absolute atomic E-state index is 11.4. The summed E-state index contributed by atoms with van der Waals surface area (Å²) in [7, 11) is 0. The summed E-state index contributed by atoms with van der Waals surface area (Å²) in [6, 6.07) is 5.62. The van der Waals surface area contributed by atoms with Crippen LogP contribution in [0.15, 0.2) is 34.8 Å². The Labute approximate surface area is 97.7 Å². The molecule has 1 aromatic heterocycles. The second-order valence-electron chi connectivity index (χ2n) is 2.69. The van der Waals surface area contributed by atoms with Gasteiger partial charge in [0.1, 0.15) is 4.24 Å². The minimum absolute atomic E-state index is 0.412. The Morgan fingerprint density at radius 2 is 1.67 bits per heavy atom. The van der Waals surface area contributed by atoms with E-state index in [0.29, 0.717) is 5.70 Å². The molecule has 1 amide bonds. The number of hydrogen-bond donors (Lipinski definition) is 1. The third-order valence-corrected chi connectivity index (χ3v) is 3.90. The normalized spacial score (nSPS) is 9.73. The Morgan fingerprint density at radius 3 is 2.07 bits per heavy atom. The lowest BCUT2D eigenvalue weighted by Gasteiger charge is -2.02. The summed E-state index contributed by atoms with van der Waals surface area (Å²) in [6.45, 7) is 0. The van der Waals surface area contributed by atoms with Gasteiger partial charge in [-0.15, -0.1) is 23.5 Å². The van der Waals surface area contributed by atoms with Crippen molar-refractivity contribution in [2.45, 2.75) is 0 Å². The minimum Gasteiger partial charge on any atom is -0.360 e. The average Bonchev–Trinajstić information content (AvgIpc) is 2.26. The highest BCUT2D eigenvalue weighted by molar-refractivity contribution is 8.21. The van der Waals surface area contributed by atoms with E-state index in [-0.39, 0.29) is 0 Å². The highest BCUT2D eigenvalue weighted by Gasteiger charge is 2.21. The molecule has 1 aromatic rings. The summed E-state index contributed by atoms with van der Waals surface area (Å²) in [5, 5.41) is 0. The summed E-state index contributed by atoms with van der Waals surface area (Å²) >= 11 is 3.04. The van der Waals surface area contributed by atoms with Crippen molar-refractivity contribution in [3.8, 4) is 0 Å². The van der Waals surface area contributed by atoms with Crippen LogP contribution in [-0.2, 0) is 4.79 Å². The van der Waals surface area contributed by atoms with Crippen LogP contribution >= 0.6 is 23.5 Å². The molecule has 0 radical (unpaired) electrons. The molecule has 0 aliphatic heterocycles. The van der Waals surface area contributed by atoms with Gasteiger partial charge in [-0.2, -0.15) is 4.57 Å². The van der Waals surface area contributed by atoms with E-state index in [1.807, 2.05) is 43.1 Å². The van der Waals surface area contributed by atoms with E-state index in [1.54, 1.807) is 4.57 Å². The van der Waals surface area contributed by atoms with Gasteiger partial charge in [-0.1, -0.05) is 6.07 Å². The fraction of sp³-hybridized carbons (Fsp3) is 0.200. The number of nitrogens with zero attached hydrogens (tertiary/aromatic N) is 1. The molecule has 0 spiro atoms. The Hall–Kier alpha value is -0.940. The summed E-state index contributed by atoms with van der Waals surface area (Å²) in [5.74, 6) is -0.412. The van der Waals surface area contributed by atoms with Gasteiger partial charge in [0.15, 0.2) is 12.4 Å². The Kier molecular flexibility index (Phi) is 4.71. The van der Waals surface area contributed by atoms with Crippen molar-refractivity contribution in [3.63, 3.8) is 0 Å². The minimum atomic E-state index is -0.412. The molecule has 3 nitrogen and oxygen atoms in total. The molecule has 15 heavy (non-hydrogen) atoms. The standard InChI is InChI=1S/C10H12N2OS2/c1-14-10(15-2)8(9(11)13)12-6-4-3-5-7-12/h3-7H,1-2H3,(H-,11,13)/p+1. The molecule has 0 unspecified atom stereocenters. The van der Waals surface area contributed by atoms with Crippen molar-refractivity contribution in [3.05, 3.63) is 34.8 Å². The quantitative estimate of drug-likeness (QED) is 0.638. The van der Waals surface area contributed by atoms with Gasteiger partial charge in [0.2, 0.25) is 0 Å². The molecule has 5 heteroatoms. The molecule has 0 aromatic carbocycles. The van der Waals surface area contributed by atoms with E-state index >= 15 is 0 Å². The second-order valence-corrected chi connectivity index (χ2v) is 4.58. The average molecular weight is 241 g/mol. The second kappa shape index (κ2) is 5.82. The number of aromatic nitrogens is 1. The van der Waals surface area contributed by atoms with Crippen LogP contribution in [-0.4, -0.2) is 18.4 Å². The molecule has 1 heterocycles. The molecule has 1 rings (SSSR count). The van der Waals surface area contributed by atoms with Crippen molar-refractivity contribution in [1.82, 2.24) is 0 Å². The zero-order chi connectivity index (χ0) is 11.3. The molecule has 0 bridgehead atoms. The first-order valence-electron chi connectivity index (χ1n) is 4.29. The van der Waals surface area contributed by atoms with Crippen molar-refractivity contribution < 1.29 is 9.36 Å². The number of carbonyl (C=O) groups excluding carboxylic acids is 1. The molecular weight excluding hydrogens is 228 g/mol. The van der Waals surface area contributed by atoms with Crippen LogP contribution in [0.25, 0.3) is 5.70 Å². The van der Waals surface area contributed by atoms with Gasteiger partial charge in [-0.3, -0.25) is 4.79 Å². The lowest BCUT2D eigenvalue weighted by molar-refractivity contribution is -0.577. The Bertz CT molecular complexity index is 370. The van der Waals surface area contributed by atoms with E-state index in [9.17, 15) is 4.79 Å². The molecule has 0 fully saturated rings. The molecule has 2 N–H and O–H groups in total. The first-order valence-corrected chi connectivity index (χ1v) is 6.74. The van der Waals surface area contributed by atoms with Gasteiger partial charge in [-0.25, -0.2) is 0 Å². The predicted molar refractivity (Wildman–Crippen MR) is 66.1 cm³/mol. The van der Waals surface area contributed by atoms with Gasteiger partial charge in [-0.05, 0) is 12.5 Å². The largest absolute Gasteiger partial charge is 0.360 e. The Balaban J connectivity index is 3.26. The van der Waals surface area contributed by atoms with Crippen LogP contribution < -0.4 is 10.3 Å². The van der Waals surface area contributed by atoms with Crippen LogP contribution in [0.3, 0.4) is 0 Å². The molecule has 0 saturated carbocycles.